The summed E-state index contributed by atoms with van der Waals surface area (Å²) in [6, 6.07) is 29.5. The van der Waals surface area contributed by atoms with Gasteiger partial charge in [0.15, 0.2) is 5.78 Å². The monoisotopic (exact) mass is 348 g/mol. The number of aromatic nitrogens is 2. The van der Waals surface area contributed by atoms with E-state index < -0.39 is 0 Å². The molecule has 5 aromatic rings. The van der Waals surface area contributed by atoms with Crippen LogP contribution >= 0.6 is 0 Å². The summed E-state index contributed by atoms with van der Waals surface area (Å²) in [7, 11) is 0. The third kappa shape index (κ3) is 2.52. The van der Waals surface area contributed by atoms with Gasteiger partial charge in [-0.05, 0) is 22.9 Å². The first-order valence-corrected chi connectivity index (χ1v) is 8.88. The van der Waals surface area contributed by atoms with E-state index in [1.807, 2.05) is 79.0 Å². The second-order valence-corrected chi connectivity index (χ2v) is 6.48. The van der Waals surface area contributed by atoms with Gasteiger partial charge in [0, 0.05) is 17.3 Å². The van der Waals surface area contributed by atoms with Crippen LogP contribution in [0.1, 0.15) is 15.9 Å². The molecule has 3 nitrogen and oxygen atoms in total. The number of hydrogen-bond acceptors (Lipinski definition) is 2. The molecule has 128 valence electrons. The topological polar surface area (TPSA) is 34.4 Å². The summed E-state index contributed by atoms with van der Waals surface area (Å²) in [6.45, 7) is 0. The van der Waals surface area contributed by atoms with Crippen molar-refractivity contribution in [2.45, 2.75) is 0 Å². The van der Waals surface area contributed by atoms with Crippen LogP contribution in [0.25, 0.3) is 27.5 Å². The van der Waals surface area contributed by atoms with Crippen molar-refractivity contribution in [3.05, 3.63) is 108 Å². The van der Waals surface area contributed by atoms with Crippen LogP contribution in [0.3, 0.4) is 0 Å². The molecule has 27 heavy (non-hydrogen) atoms. The summed E-state index contributed by atoms with van der Waals surface area (Å²) < 4.78 is 1.78. The summed E-state index contributed by atoms with van der Waals surface area (Å²) in [5, 5.41) is 6.99. The third-order valence-corrected chi connectivity index (χ3v) is 4.85. The van der Waals surface area contributed by atoms with Gasteiger partial charge in [-0.25, -0.2) is 4.52 Å². The Hall–Kier alpha value is -3.72. The Labute approximate surface area is 156 Å². The Bertz CT molecular complexity index is 1280. The molecule has 5 rings (SSSR count). The van der Waals surface area contributed by atoms with Crippen LogP contribution < -0.4 is 0 Å². The summed E-state index contributed by atoms with van der Waals surface area (Å²) in [4.78, 5) is 13.4. The van der Waals surface area contributed by atoms with Crippen LogP contribution in [0.15, 0.2) is 97.2 Å². The number of benzene rings is 3. The van der Waals surface area contributed by atoms with Crippen molar-refractivity contribution < 1.29 is 4.79 Å². The fraction of sp³-hybridized carbons (Fsp3) is 0. The zero-order valence-corrected chi connectivity index (χ0v) is 14.5. The van der Waals surface area contributed by atoms with Gasteiger partial charge in [0.1, 0.15) is 5.69 Å². The van der Waals surface area contributed by atoms with Gasteiger partial charge < -0.3 is 0 Å². The Morgan fingerprint density at radius 2 is 1.48 bits per heavy atom. The molecule has 0 spiro atoms. The lowest BCUT2D eigenvalue weighted by Crippen LogP contribution is -2.02. The van der Waals surface area contributed by atoms with Crippen molar-refractivity contribution in [1.82, 2.24) is 9.61 Å². The van der Waals surface area contributed by atoms with Crippen molar-refractivity contribution in [2.75, 3.05) is 0 Å². The van der Waals surface area contributed by atoms with Crippen molar-refractivity contribution in [1.29, 1.82) is 0 Å². The molecule has 0 unspecified atom stereocenters. The first kappa shape index (κ1) is 15.5. The molecule has 3 heteroatoms. The molecule has 0 aliphatic heterocycles. The molecule has 0 aliphatic carbocycles. The number of rotatable bonds is 3. The molecule has 0 N–H and O–H groups in total. The van der Waals surface area contributed by atoms with E-state index in [1.165, 1.54) is 0 Å². The van der Waals surface area contributed by atoms with E-state index in [0.29, 0.717) is 16.8 Å². The Morgan fingerprint density at radius 3 is 2.37 bits per heavy atom. The zero-order valence-electron chi connectivity index (χ0n) is 14.5. The molecule has 0 amide bonds. The van der Waals surface area contributed by atoms with Crippen molar-refractivity contribution in [3.63, 3.8) is 0 Å². The number of pyridine rings is 1. The van der Waals surface area contributed by atoms with E-state index in [0.717, 1.165) is 21.9 Å². The van der Waals surface area contributed by atoms with Crippen LogP contribution in [0.2, 0.25) is 0 Å². The van der Waals surface area contributed by atoms with Crippen LogP contribution in [0, 0.1) is 0 Å². The summed E-state index contributed by atoms with van der Waals surface area (Å²) in [6.07, 6.45) is 1.88. The minimum atomic E-state index is -0.0141. The van der Waals surface area contributed by atoms with Gasteiger partial charge in [0.2, 0.25) is 0 Å². The highest BCUT2D eigenvalue weighted by Crippen LogP contribution is 2.33. The van der Waals surface area contributed by atoms with Crippen molar-refractivity contribution in [3.8, 4) is 11.3 Å². The minimum absolute atomic E-state index is 0.0141. The maximum absolute atomic E-state index is 13.4. The van der Waals surface area contributed by atoms with E-state index in [9.17, 15) is 4.79 Å². The van der Waals surface area contributed by atoms with Crippen LogP contribution in [-0.4, -0.2) is 15.4 Å². The van der Waals surface area contributed by atoms with Gasteiger partial charge in [-0.3, -0.25) is 4.79 Å². The van der Waals surface area contributed by atoms with E-state index in [4.69, 9.17) is 5.10 Å². The molecular formula is C24H16N2O. The molecule has 0 aliphatic rings. The lowest BCUT2D eigenvalue weighted by Gasteiger charge is -2.07. The highest BCUT2D eigenvalue weighted by Gasteiger charge is 2.22. The standard InChI is InChI=1S/C24H16N2O/c27-24(18-10-2-1-3-11-18)22-21-15-6-7-16-26(21)25-23(22)20-14-8-12-17-9-4-5-13-19(17)20/h1-16H. The third-order valence-electron chi connectivity index (χ3n) is 4.85. The maximum atomic E-state index is 13.4. The predicted octanol–water partition coefficient (Wildman–Crippen LogP) is 5.39. The SMILES string of the molecule is O=C(c1ccccc1)c1c(-c2cccc3ccccc23)nn2ccccc12. The van der Waals surface area contributed by atoms with E-state index in [2.05, 4.69) is 18.2 Å². The first-order valence-electron chi connectivity index (χ1n) is 8.88. The molecule has 2 heterocycles. The zero-order chi connectivity index (χ0) is 18.2. The Balaban J connectivity index is 1.84. The molecule has 0 radical (unpaired) electrons. The highest BCUT2D eigenvalue weighted by atomic mass is 16.1. The fourth-order valence-corrected chi connectivity index (χ4v) is 3.58. The van der Waals surface area contributed by atoms with Gasteiger partial charge in [-0.2, -0.15) is 5.10 Å². The fourth-order valence-electron chi connectivity index (χ4n) is 3.58. The average molecular weight is 348 g/mol. The number of hydrogen-bond donors (Lipinski definition) is 0. The van der Waals surface area contributed by atoms with Gasteiger partial charge in [-0.15, -0.1) is 0 Å². The molecule has 3 aromatic carbocycles. The predicted molar refractivity (Wildman–Crippen MR) is 108 cm³/mol. The van der Waals surface area contributed by atoms with Crippen molar-refractivity contribution in [2.24, 2.45) is 0 Å². The molecule has 2 aromatic heterocycles. The lowest BCUT2D eigenvalue weighted by molar-refractivity contribution is 0.104. The lowest BCUT2D eigenvalue weighted by atomic mass is 9.95. The molecular weight excluding hydrogens is 332 g/mol. The second-order valence-electron chi connectivity index (χ2n) is 6.48. The van der Waals surface area contributed by atoms with Gasteiger partial charge >= 0.3 is 0 Å². The first-order chi connectivity index (χ1) is 13.3. The van der Waals surface area contributed by atoms with E-state index >= 15 is 0 Å². The summed E-state index contributed by atoms with van der Waals surface area (Å²) in [5.74, 6) is -0.0141. The van der Waals surface area contributed by atoms with Crippen molar-refractivity contribution >= 4 is 22.1 Å². The largest absolute Gasteiger partial charge is 0.288 e. The summed E-state index contributed by atoms with van der Waals surface area (Å²) in [5.41, 5.74) is 3.80. The molecule has 0 saturated carbocycles. The Morgan fingerprint density at radius 1 is 0.741 bits per heavy atom. The average Bonchev–Trinajstić information content (AvgIpc) is 3.13. The van der Waals surface area contributed by atoms with Gasteiger partial charge in [0.25, 0.3) is 0 Å². The molecule has 0 bridgehead atoms. The van der Waals surface area contributed by atoms with Crippen LogP contribution in [0.5, 0.6) is 0 Å². The normalized spacial score (nSPS) is 11.1. The molecule has 0 atom stereocenters. The smallest absolute Gasteiger partial charge is 0.197 e. The minimum Gasteiger partial charge on any atom is -0.288 e. The number of nitrogens with zero attached hydrogens (tertiary/aromatic N) is 2. The number of ketones is 1. The number of fused-ring (bicyclic) bond motifs is 2. The quantitative estimate of drug-likeness (QED) is 0.410. The van der Waals surface area contributed by atoms with E-state index in [-0.39, 0.29) is 5.78 Å². The van der Waals surface area contributed by atoms with Gasteiger partial charge in [-0.1, -0.05) is 78.9 Å². The number of carbonyl (C=O) groups is 1. The second kappa shape index (κ2) is 6.22. The van der Waals surface area contributed by atoms with E-state index in [1.54, 1.807) is 4.52 Å². The summed E-state index contributed by atoms with van der Waals surface area (Å²) >= 11 is 0. The van der Waals surface area contributed by atoms with Crippen LogP contribution in [-0.2, 0) is 0 Å². The van der Waals surface area contributed by atoms with Crippen LogP contribution in [0.4, 0.5) is 0 Å². The number of carbonyl (C=O) groups excluding carboxylic acids is 1. The van der Waals surface area contributed by atoms with Gasteiger partial charge in [0.05, 0.1) is 11.1 Å². The highest BCUT2D eigenvalue weighted by molar-refractivity contribution is 6.18. The maximum Gasteiger partial charge on any atom is 0.197 e. The Kier molecular flexibility index (Phi) is 3.58. The molecule has 0 fully saturated rings. The molecule has 0 saturated heterocycles.